The summed E-state index contributed by atoms with van der Waals surface area (Å²) in [4.78, 5) is 65.3. The molecule has 1 aliphatic carbocycles. The van der Waals surface area contributed by atoms with Crippen molar-refractivity contribution in [2.45, 2.75) is 76.0 Å². The summed E-state index contributed by atoms with van der Waals surface area (Å²) in [7, 11) is 1.22. The normalized spacial score (nSPS) is 21.2. The highest BCUT2D eigenvalue weighted by Crippen LogP contribution is 2.41. The van der Waals surface area contributed by atoms with E-state index in [1.807, 2.05) is 25.1 Å². The number of methoxy groups -OCH3 is 1. The van der Waals surface area contributed by atoms with Gasteiger partial charge in [-0.25, -0.2) is 9.59 Å². The molecule has 4 atom stereocenters. The van der Waals surface area contributed by atoms with Crippen LogP contribution in [-0.2, 0) is 32.1 Å². The molecule has 0 radical (unpaired) electrons. The lowest BCUT2D eigenvalue weighted by Crippen LogP contribution is -2.55. The van der Waals surface area contributed by atoms with Gasteiger partial charge in [-0.15, -0.1) is 0 Å². The number of benzene rings is 2. The van der Waals surface area contributed by atoms with Gasteiger partial charge in [-0.05, 0) is 73.4 Å². The molecule has 228 valence electrons. The number of hydrogen-bond acceptors (Lipinski definition) is 8. The average Bonchev–Trinajstić information content (AvgIpc) is 3.39. The largest absolute Gasteiger partial charge is 0.488 e. The molecule has 1 N–H and O–H groups in total. The van der Waals surface area contributed by atoms with E-state index < -0.39 is 36.7 Å². The van der Waals surface area contributed by atoms with Crippen molar-refractivity contribution in [2.24, 2.45) is 5.92 Å². The number of alkyl carbamates (subject to hydrolysis) is 1. The van der Waals surface area contributed by atoms with Gasteiger partial charge in [0.2, 0.25) is 5.91 Å². The molecular formula is C32H35BrN2O8. The fourth-order valence-corrected chi connectivity index (χ4v) is 6.52. The molecule has 0 spiro atoms. The van der Waals surface area contributed by atoms with E-state index in [0.717, 1.165) is 35.1 Å². The molecule has 1 saturated heterocycles. The van der Waals surface area contributed by atoms with Crippen LogP contribution in [0.4, 0.5) is 4.79 Å². The zero-order chi connectivity index (χ0) is 31.0. The lowest BCUT2D eigenvalue weighted by atomic mass is 9.85. The van der Waals surface area contributed by atoms with Gasteiger partial charge in [0.1, 0.15) is 24.4 Å². The number of alkyl halides is 1. The van der Waals surface area contributed by atoms with E-state index in [2.05, 4.69) is 26.0 Å². The number of nitrogens with one attached hydrogen (secondary N) is 1. The number of Topliss-reactive ketones (excluding diaryl/α,β-unsaturated/α-hetero) is 2. The molecule has 0 bridgehead atoms. The van der Waals surface area contributed by atoms with E-state index in [1.54, 1.807) is 26.0 Å². The number of esters is 1. The first-order chi connectivity index (χ1) is 20.5. The maximum Gasteiger partial charge on any atom is 0.407 e. The van der Waals surface area contributed by atoms with E-state index in [4.69, 9.17) is 9.47 Å². The first-order valence-electron chi connectivity index (χ1n) is 14.5. The second-order valence-electron chi connectivity index (χ2n) is 11.6. The highest BCUT2D eigenvalue weighted by Gasteiger charge is 2.43. The Morgan fingerprint density at radius 1 is 1.05 bits per heavy atom. The third-order valence-electron chi connectivity index (χ3n) is 8.46. The van der Waals surface area contributed by atoms with Crippen molar-refractivity contribution in [3.05, 3.63) is 52.6 Å². The summed E-state index contributed by atoms with van der Waals surface area (Å²) in [5.41, 5.74) is 4.68. The van der Waals surface area contributed by atoms with Crippen LogP contribution in [0.15, 0.2) is 30.3 Å². The molecule has 4 unspecified atom stereocenters. The van der Waals surface area contributed by atoms with Crippen LogP contribution in [0.2, 0.25) is 0 Å². The summed E-state index contributed by atoms with van der Waals surface area (Å²) >= 11 is 3.45. The molecule has 2 amide bonds. The fourth-order valence-electron chi connectivity index (χ4n) is 6.04. The van der Waals surface area contributed by atoms with Gasteiger partial charge in [-0.3, -0.25) is 14.4 Å². The molecular weight excluding hydrogens is 620 g/mol. The van der Waals surface area contributed by atoms with Crippen LogP contribution in [0.25, 0.3) is 11.1 Å². The van der Waals surface area contributed by atoms with Gasteiger partial charge in [0, 0.05) is 22.7 Å². The van der Waals surface area contributed by atoms with Crippen molar-refractivity contribution >= 4 is 45.5 Å². The van der Waals surface area contributed by atoms with Gasteiger partial charge in [-0.2, -0.15) is 0 Å². The number of ether oxygens (including phenoxy) is 3. The summed E-state index contributed by atoms with van der Waals surface area (Å²) in [6, 6.07) is 7.14. The van der Waals surface area contributed by atoms with Crippen LogP contribution < -0.4 is 10.1 Å². The number of fused-ring (bicyclic) bond motifs is 4. The first kappa shape index (κ1) is 30.7. The predicted molar refractivity (Wildman–Crippen MR) is 160 cm³/mol. The highest BCUT2D eigenvalue weighted by molar-refractivity contribution is 9.10. The standard InChI is InChI=1S/C32H35BrN2O8/c1-16(2)28(34-32(40)41-4)30(38)35-17(3)5-10-25(35)31(39)43-15-26(36)19-6-8-21-20(11-19)14-42-27-13-22-18(12-23(21)27)7-9-24(33)29(22)37/h6,8,11-13,16-17,24-25,28H,5,7,9-10,14-15H2,1-4H3,(H,34,40). The lowest BCUT2D eigenvalue weighted by molar-refractivity contribution is -0.154. The summed E-state index contributed by atoms with van der Waals surface area (Å²) in [6.07, 6.45) is 1.76. The molecule has 11 heteroatoms. The van der Waals surface area contributed by atoms with Crippen molar-refractivity contribution in [1.29, 1.82) is 0 Å². The summed E-state index contributed by atoms with van der Waals surface area (Å²) < 4.78 is 16.1. The third-order valence-corrected chi connectivity index (χ3v) is 9.33. The minimum Gasteiger partial charge on any atom is -0.488 e. The Bertz CT molecular complexity index is 1490. The average molecular weight is 656 g/mol. The smallest absolute Gasteiger partial charge is 0.407 e. The van der Waals surface area contributed by atoms with Gasteiger partial charge < -0.3 is 24.4 Å². The molecule has 2 aromatic carbocycles. The van der Waals surface area contributed by atoms with Gasteiger partial charge >= 0.3 is 12.1 Å². The monoisotopic (exact) mass is 654 g/mol. The van der Waals surface area contributed by atoms with E-state index in [0.29, 0.717) is 29.7 Å². The van der Waals surface area contributed by atoms with Crippen molar-refractivity contribution in [1.82, 2.24) is 10.2 Å². The van der Waals surface area contributed by atoms with Crippen LogP contribution >= 0.6 is 15.9 Å². The maximum atomic E-state index is 13.4. The number of hydrogen-bond donors (Lipinski definition) is 1. The number of carbonyl (C=O) groups is 5. The Hall–Kier alpha value is -3.73. The molecule has 2 aliphatic heterocycles. The van der Waals surface area contributed by atoms with E-state index in [9.17, 15) is 24.0 Å². The van der Waals surface area contributed by atoms with Crippen molar-refractivity contribution in [3.8, 4) is 16.9 Å². The van der Waals surface area contributed by atoms with E-state index in [-0.39, 0.29) is 35.0 Å². The number of rotatable bonds is 7. The minimum absolute atomic E-state index is 0.0612. The second kappa shape index (κ2) is 12.5. The number of aryl methyl sites for hydroxylation is 1. The molecule has 1 fully saturated rings. The zero-order valence-electron chi connectivity index (χ0n) is 24.6. The molecule has 5 rings (SSSR count). The van der Waals surface area contributed by atoms with E-state index >= 15 is 0 Å². The minimum atomic E-state index is -0.875. The molecule has 0 aromatic heterocycles. The van der Waals surface area contributed by atoms with Gasteiger partial charge in [0.05, 0.1) is 11.9 Å². The summed E-state index contributed by atoms with van der Waals surface area (Å²) in [5.74, 6) is -0.977. The van der Waals surface area contributed by atoms with Crippen molar-refractivity contribution < 1.29 is 38.2 Å². The number of amides is 2. The number of carbonyl (C=O) groups excluding carboxylic acids is 5. The summed E-state index contributed by atoms with van der Waals surface area (Å²) in [5, 5.41) is 2.56. The Balaban J connectivity index is 1.26. The van der Waals surface area contributed by atoms with Gasteiger partial charge in [0.25, 0.3) is 0 Å². The van der Waals surface area contributed by atoms with Crippen LogP contribution in [0.1, 0.15) is 71.9 Å². The predicted octanol–water partition coefficient (Wildman–Crippen LogP) is 4.62. The highest BCUT2D eigenvalue weighted by atomic mass is 79.9. The Kier molecular flexibility index (Phi) is 8.91. The topological polar surface area (TPSA) is 128 Å². The first-order valence-corrected chi connectivity index (χ1v) is 15.4. The molecule has 43 heavy (non-hydrogen) atoms. The van der Waals surface area contributed by atoms with Crippen LogP contribution in [-0.4, -0.2) is 71.1 Å². The Morgan fingerprint density at radius 2 is 1.81 bits per heavy atom. The van der Waals surface area contributed by atoms with Crippen LogP contribution in [0, 0.1) is 5.92 Å². The van der Waals surface area contributed by atoms with E-state index in [1.165, 1.54) is 12.0 Å². The van der Waals surface area contributed by atoms with Crippen LogP contribution in [0.3, 0.4) is 0 Å². The number of halogens is 1. The molecule has 2 aromatic rings. The summed E-state index contributed by atoms with van der Waals surface area (Å²) in [6.45, 7) is 5.19. The Morgan fingerprint density at radius 3 is 2.53 bits per heavy atom. The molecule has 0 saturated carbocycles. The zero-order valence-corrected chi connectivity index (χ0v) is 26.2. The number of likely N-dealkylation sites (tertiary alicyclic amines) is 1. The number of ketones is 2. The molecule has 2 heterocycles. The Labute approximate surface area is 258 Å². The van der Waals surface area contributed by atoms with Crippen molar-refractivity contribution in [3.63, 3.8) is 0 Å². The van der Waals surface area contributed by atoms with Crippen molar-refractivity contribution in [2.75, 3.05) is 13.7 Å². The fraction of sp³-hybridized carbons (Fsp3) is 0.469. The van der Waals surface area contributed by atoms with Gasteiger partial charge in [-0.1, -0.05) is 41.9 Å². The molecule has 10 nitrogen and oxygen atoms in total. The quantitative estimate of drug-likeness (QED) is 0.260. The second-order valence-corrected chi connectivity index (χ2v) is 12.7. The lowest BCUT2D eigenvalue weighted by Gasteiger charge is -2.32. The number of nitrogens with zero attached hydrogens (tertiary/aromatic N) is 1. The van der Waals surface area contributed by atoms with Gasteiger partial charge in [0.15, 0.2) is 18.2 Å². The third kappa shape index (κ3) is 6.04. The maximum absolute atomic E-state index is 13.4. The molecule has 3 aliphatic rings. The SMILES string of the molecule is COC(=O)NC(C(=O)N1C(C)CCC1C(=O)OCC(=O)c1ccc2c(c1)COc1cc3c(cc1-2)CCC(Br)C3=O)C(C)C. The van der Waals surface area contributed by atoms with Crippen LogP contribution in [0.5, 0.6) is 5.75 Å².